The molecular weight excluding hydrogens is 410 g/mol. The first-order valence-corrected chi connectivity index (χ1v) is 11.5. The molecule has 6 nitrogen and oxygen atoms in total. The third-order valence-electron chi connectivity index (χ3n) is 5.28. The Morgan fingerprint density at radius 3 is 2.55 bits per heavy atom. The van der Waals surface area contributed by atoms with E-state index in [1.807, 2.05) is 44.2 Å². The molecule has 2 N–H and O–H groups in total. The van der Waals surface area contributed by atoms with Gasteiger partial charge >= 0.3 is 0 Å². The lowest BCUT2D eigenvalue weighted by Crippen LogP contribution is -2.20. The lowest BCUT2D eigenvalue weighted by atomic mass is 10.1. The molecule has 0 saturated heterocycles. The number of sulfonamides is 1. The Morgan fingerprint density at radius 1 is 0.935 bits per heavy atom. The maximum Gasteiger partial charge on any atom is 0.271 e. The van der Waals surface area contributed by atoms with Crippen molar-refractivity contribution in [2.24, 2.45) is 5.10 Å². The molecule has 0 aromatic heterocycles. The van der Waals surface area contributed by atoms with Gasteiger partial charge in [-0.3, -0.25) is 9.52 Å². The number of amides is 1. The number of hydrogen-bond acceptors (Lipinski definition) is 4. The van der Waals surface area contributed by atoms with E-state index in [1.165, 1.54) is 17.7 Å². The molecule has 4 rings (SSSR count). The Kier molecular flexibility index (Phi) is 5.61. The molecule has 7 heteroatoms. The Hall–Kier alpha value is -3.45. The number of carbonyl (C=O) groups is 1. The Labute approximate surface area is 182 Å². The molecule has 3 aromatic carbocycles. The average molecular weight is 434 g/mol. The molecular formula is C24H23N3O3S. The topological polar surface area (TPSA) is 87.6 Å². The third-order valence-corrected chi connectivity index (χ3v) is 6.65. The van der Waals surface area contributed by atoms with E-state index in [0.29, 0.717) is 5.69 Å². The minimum Gasteiger partial charge on any atom is -0.279 e. The van der Waals surface area contributed by atoms with Crippen LogP contribution in [0, 0.1) is 13.8 Å². The van der Waals surface area contributed by atoms with Gasteiger partial charge in [0, 0.05) is 11.1 Å². The second-order valence-electron chi connectivity index (χ2n) is 7.61. The van der Waals surface area contributed by atoms with Gasteiger partial charge in [0.2, 0.25) is 0 Å². The highest BCUT2D eigenvalue weighted by Crippen LogP contribution is 2.23. The number of nitrogens with one attached hydrogen (secondary N) is 2. The number of benzene rings is 3. The van der Waals surface area contributed by atoms with Crippen LogP contribution in [-0.2, 0) is 16.4 Å². The molecule has 0 atom stereocenters. The molecule has 0 radical (unpaired) electrons. The largest absolute Gasteiger partial charge is 0.279 e. The van der Waals surface area contributed by atoms with Gasteiger partial charge in [0.05, 0.1) is 16.3 Å². The zero-order valence-corrected chi connectivity index (χ0v) is 18.2. The molecule has 0 aliphatic heterocycles. The number of aryl methyl sites for hydroxylation is 3. The normalized spacial score (nSPS) is 14.3. The van der Waals surface area contributed by atoms with Crippen LogP contribution in [0.25, 0.3) is 0 Å². The molecule has 1 amide bonds. The molecule has 3 aromatic rings. The average Bonchev–Trinajstić information content (AvgIpc) is 3.17. The minimum absolute atomic E-state index is 0.0130. The number of rotatable bonds is 5. The first-order valence-electron chi connectivity index (χ1n) is 9.99. The summed E-state index contributed by atoms with van der Waals surface area (Å²) < 4.78 is 28.3. The van der Waals surface area contributed by atoms with Crippen molar-refractivity contribution >= 4 is 27.3 Å². The SMILES string of the molecule is Cc1ccc(NS(=O)(=O)c2cccc(C(=O)NN=C3CCc4ccccc43)c2)c(C)c1. The summed E-state index contributed by atoms with van der Waals surface area (Å²) >= 11 is 0. The predicted molar refractivity (Wildman–Crippen MR) is 122 cm³/mol. The zero-order chi connectivity index (χ0) is 22.0. The number of carbonyl (C=O) groups excluding carboxylic acids is 1. The van der Waals surface area contributed by atoms with Crippen molar-refractivity contribution in [2.45, 2.75) is 31.6 Å². The quantitative estimate of drug-likeness (QED) is 0.592. The van der Waals surface area contributed by atoms with Crippen LogP contribution in [0.2, 0.25) is 0 Å². The fourth-order valence-corrected chi connectivity index (χ4v) is 4.82. The Bertz CT molecular complexity index is 1300. The van der Waals surface area contributed by atoms with E-state index in [-0.39, 0.29) is 10.5 Å². The van der Waals surface area contributed by atoms with Crippen LogP contribution in [0.15, 0.2) is 76.7 Å². The van der Waals surface area contributed by atoms with Gasteiger partial charge < -0.3 is 0 Å². The maximum atomic E-state index is 12.8. The second kappa shape index (κ2) is 8.35. The van der Waals surface area contributed by atoms with Crippen LogP contribution in [-0.4, -0.2) is 20.0 Å². The van der Waals surface area contributed by atoms with Crippen molar-refractivity contribution in [1.82, 2.24) is 5.43 Å². The van der Waals surface area contributed by atoms with Gasteiger partial charge in [-0.25, -0.2) is 13.8 Å². The summed E-state index contributed by atoms with van der Waals surface area (Å²) in [6.07, 6.45) is 1.65. The summed E-state index contributed by atoms with van der Waals surface area (Å²) in [6.45, 7) is 3.79. The number of hydrazone groups is 1. The summed E-state index contributed by atoms with van der Waals surface area (Å²) in [6, 6.07) is 19.4. The molecule has 1 aliphatic rings. The van der Waals surface area contributed by atoms with Crippen LogP contribution in [0.5, 0.6) is 0 Å². The highest BCUT2D eigenvalue weighted by Gasteiger charge is 2.19. The van der Waals surface area contributed by atoms with Gasteiger partial charge in [-0.15, -0.1) is 0 Å². The second-order valence-corrected chi connectivity index (χ2v) is 9.29. The summed E-state index contributed by atoms with van der Waals surface area (Å²) in [5.74, 6) is -0.458. The van der Waals surface area contributed by atoms with Gasteiger partial charge in [-0.1, -0.05) is 48.0 Å². The highest BCUT2D eigenvalue weighted by molar-refractivity contribution is 7.92. The Balaban J connectivity index is 1.52. The fraction of sp³-hybridized carbons (Fsp3) is 0.167. The highest BCUT2D eigenvalue weighted by atomic mass is 32.2. The summed E-state index contributed by atoms with van der Waals surface area (Å²) in [4.78, 5) is 12.6. The first kappa shape index (κ1) is 20.8. The van der Waals surface area contributed by atoms with Crippen LogP contribution in [0.1, 0.15) is 39.0 Å². The van der Waals surface area contributed by atoms with E-state index < -0.39 is 15.9 Å². The molecule has 0 fully saturated rings. The molecule has 0 heterocycles. The molecule has 0 spiro atoms. The molecule has 31 heavy (non-hydrogen) atoms. The van der Waals surface area contributed by atoms with E-state index in [9.17, 15) is 13.2 Å². The number of nitrogens with zero attached hydrogens (tertiary/aromatic N) is 1. The van der Waals surface area contributed by atoms with Gasteiger partial charge in [0.1, 0.15) is 0 Å². The summed E-state index contributed by atoms with van der Waals surface area (Å²) in [5.41, 5.74) is 8.23. The van der Waals surface area contributed by atoms with Crippen molar-refractivity contribution in [3.63, 3.8) is 0 Å². The van der Waals surface area contributed by atoms with Crippen molar-refractivity contribution in [2.75, 3.05) is 4.72 Å². The van der Waals surface area contributed by atoms with Crippen LogP contribution < -0.4 is 10.1 Å². The number of fused-ring (bicyclic) bond motifs is 1. The summed E-state index contributed by atoms with van der Waals surface area (Å²) in [5, 5.41) is 4.27. The van der Waals surface area contributed by atoms with Crippen LogP contribution in [0.4, 0.5) is 5.69 Å². The van der Waals surface area contributed by atoms with E-state index in [1.54, 1.807) is 18.2 Å². The van der Waals surface area contributed by atoms with Gasteiger partial charge in [-0.05, 0) is 62.1 Å². The van der Waals surface area contributed by atoms with E-state index in [4.69, 9.17) is 0 Å². The summed E-state index contributed by atoms with van der Waals surface area (Å²) in [7, 11) is -3.84. The van der Waals surface area contributed by atoms with Crippen LogP contribution >= 0.6 is 0 Å². The lowest BCUT2D eigenvalue weighted by molar-refractivity contribution is 0.0954. The number of anilines is 1. The molecule has 0 unspecified atom stereocenters. The lowest BCUT2D eigenvalue weighted by Gasteiger charge is -2.12. The van der Waals surface area contributed by atoms with Crippen molar-refractivity contribution in [3.8, 4) is 0 Å². The molecule has 0 saturated carbocycles. The monoisotopic (exact) mass is 433 g/mol. The molecule has 158 valence electrons. The van der Waals surface area contributed by atoms with Crippen molar-refractivity contribution < 1.29 is 13.2 Å². The smallest absolute Gasteiger partial charge is 0.271 e. The molecule has 1 aliphatic carbocycles. The Morgan fingerprint density at radius 2 is 1.74 bits per heavy atom. The maximum absolute atomic E-state index is 12.8. The third kappa shape index (κ3) is 4.51. The predicted octanol–water partition coefficient (Wildman–Crippen LogP) is 4.18. The van der Waals surface area contributed by atoms with E-state index >= 15 is 0 Å². The van der Waals surface area contributed by atoms with Gasteiger partial charge in [-0.2, -0.15) is 5.10 Å². The molecule has 0 bridgehead atoms. The first-order chi connectivity index (χ1) is 14.8. The minimum atomic E-state index is -3.84. The number of hydrogen-bond donors (Lipinski definition) is 2. The van der Waals surface area contributed by atoms with Crippen LogP contribution in [0.3, 0.4) is 0 Å². The van der Waals surface area contributed by atoms with Gasteiger partial charge in [0.25, 0.3) is 15.9 Å². The fourth-order valence-electron chi connectivity index (χ4n) is 3.64. The van der Waals surface area contributed by atoms with E-state index in [0.717, 1.165) is 35.2 Å². The van der Waals surface area contributed by atoms with Gasteiger partial charge in [0.15, 0.2) is 0 Å². The standard InChI is InChI=1S/C24H23N3O3S/c1-16-10-12-22(17(2)14-16)27-31(29,30)20-8-5-7-19(15-20)24(28)26-25-23-13-11-18-6-3-4-9-21(18)23/h3-10,12,14-15,27H,11,13H2,1-2H3,(H,26,28). The zero-order valence-electron chi connectivity index (χ0n) is 17.3. The van der Waals surface area contributed by atoms with E-state index in [2.05, 4.69) is 21.3 Å². The van der Waals surface area contributed by atoms with Crippen molar-refractivity contribution in [1.29, 1.82) is 0 Å². The van der Waals surface area contributed by atoms with Crippen molar-refractivity contribution in [3.05, 3.63) is 94.5 Å².